The van der Waals surface area contributed by atoms with E-state index in [1.807, 2.05) is 42.7 Å². The van der Waals surface area contributed by atoms with Gasteiger partial charge in [-0.05, 0) is 110 Å². The molecule has 0 aliphatic heterocycles. The summed E-state index contributed by atoms with van der Waals surface area (Å²) >= 11 is 0. The van der Waals surface area contributed by atoms with Gasteiger partial charge in [-0.15, -0.1) is 0 Å². The second-order valence-corrected chi connectivity index (χ2v) is 16.1. The van der Waals surface area contributed by atoms with E-state index in [0.717, 1.165) is 61.3 Å². The Bertz CT molecular complexity index is 3580. The van der Waals surface area contributed by atoms with E-state index in [2.05, 4.69) is 163 Å². The summed E-state index contributed by atoms with van der Waals surface area (Å²) in [5.41, 5.74) is 19.6. The lowest BCUT2D eigenvalue weighted by Gasteiger charge is -2.35. The van der Waals surface area contributed by atoms with Crippen LogP contribution in [0.3, 0.4) is 0 Å². The highest BCUT2D eigenvalue weighted by atomic mass is 16.3. The summed E-state index contributed by atoms with van der Waals surface area (Å²) in [6, 6.07) is 67.3. The maximum Gasteiger partial charge on any atom is 0.161 e. The van der Waals surface area contributed by atoms with Gasteiger partial charge in [-0.1, -0.05) is 133 Å². The summed E-state index contributed by atoms with van der Waals surface area (Å²) in [7, 11) is 0. The molecule has 2 aliphatic carbocycles. The minimum atomic E-state index is -0.691. The summed E-state index contributed by atoms with van der Waals surface area (Å²) in [5.74, 6) is 0.609. The zero-order chi connectivity index (χ0) is 40.8. The Morgan fingerprint density at radius 1 is 0.355 bits per heavy atom. The number of fused-ring (bicyclic) bond motifs is 15. The number of rotatable bonds is 4. The summed E-state index contributed by atoms with van der Waals surface area (Å²) in [4.78, 5) is 19.7. The lowest BCUT2D eigenvalue weighted by molar-refractivity contribution is 0.668. The molecule has 0 bridgehead atoms. The Balaban J connectivity index is 1.10. The van der Waals surface area contributed by atoms with Crippen LogP contribution in [-0.2, 0) is 5.41 Å². The van der Waals surface area contributed by atoms with Crippen LogP contribution in [0.5, 0.6) is 0 Å². The quantitative estimate of drug-likeness (QED) is 0.178. The van der Waals surface area contributed by atoms with Gasteiger partial charge in [-0.2, -0.15) is 0 Å². The van der Waals surface area contributed by atoms with Crippen LogP contribution >= 0.6 is 0 Å². The zero-order valence-corrected chi connectivity index (χ0v) is 33.3. The lowest BCUT2D eigenvalue weighted by Crippen LogP contribution is -2.29. The van der Waals surface area contributed by atoms with Gasteiger partial charge in [-0.3, -0.25) is 9.97 Å². The number of furan rings is 1. The van der Waals surface area contributed by atoms with E-state index >= 15 is 0 Å². The number of nitrogens with zero attached hydrogens (tertiary/aromatic N) is 4. The molecule has 1 atom stereocenters. The van der Waals surface area contributed by atoms with Crippen molar-refractivity contribution in [2.24, 2.45) is 0 Å². The van der Waals surface area contributed by atoms with Gasteiger partial charge in [0.2, 0.25) is 0 Å². The van der Waals surface area contributed by atoms with Crippen molar-refractivity contribution in [1.29, 1.82) is 0 Å². The maximum absolute atomic E-state index is 6.56. The van der Waals surface area contributed by atoms with E-state index in [4.69, 9.17) is 19.4 Å². The third-order valence-electron chi connectivity index (χ3n) is 12.9. The molecule has 11 aromatic rings. The molecule has 2 aliphatic rings. The highest BCUT2D eigenvalue weighted by Crippen LogP contribution is 2.62. The standard InChI is InChI=1S/C57H34N4O/c1-2-13-35(14-3-1)52-32-53(61-56(60-52)38-25-27-51(59-34-38)37-15-12-28-58-33-37)36-24-26-43-40-17-5-4-16-39(40)41-18-6-9-21-47(41)57(49(43)29-36)48-22-10-7-19-42(48)45-31-55-46(30-50(45)57)44-20-8-11-23-54(44)62-55/h1-34H. The van der Waals surface area contributed by atoms with Gasteiger partial charge < -0.3 is 4.42 Å². The molecular weight excluding hydrogens is 757 g/mol. The van der Waals surface area contributed by atoms with Crippen LogP contribution in [0, 0.1) is 0 Å². The summed E-state index contributed by atoms with van der Waals surface area (Å²) in [5, 5.41) is 2.22. The number of aromatic nitrogens is 4. The molecule has 288 valence electrons. The molecule has 0 saturated carbocycles. The van der Waals surface area contributed by atoms with Gasteiger partial charge in [0, 0.05) is 51.6 Å². The molecule has 5 nitrogen and oxygen atoms in total. The third kappa shape index (κ3) is 5.02. The highest BCUT2D eigenvalue weighted by molar-refractivity contribution is 6.09. The minimum Gasteiger partial charge on any atom is -0.456 e. The number of benzene rings is 7. The van der Waals surface area contributed by atoms with Crippen LogP contribution in [-0.4, -0.2) is 19.9 Å². The number of para-hydroxylation sites is 1. The molecule has 0 radical (unpaired) electrons. The Hall–Kier alpha value is -8.28. The van der Waals surface area contributed by atoms with Crippen LogP contribution in [0.2, 0.25) is 0 Å². The summed E-state index contributed by atoms with van der Waals surface area (Å²) in [6.45, 7) is 0. The van der Waals surface area contributed by atoms with Crippen LogP contribution in [0.15, 0.2) is 211 Å². The van der Waals surface area contributed by atoms with E-state index in [9.17, 15) is 0 Å². The van der Waals surface area contributed by atoms with Crippen molar-refractivity contribution in [3.8, 4) is 78.5 Å². The zero-order valence-electron chi connectivity index (χ0n) is 33.3. The third-order valence-corrected chi connectivity index (χ3v) is 12.9. The van der Waals surface area contributed by atoms with E-state index in [1.165, 1.54) is 55.6 Å². The fraction of sp³-hybridized carbons (Fsp3) is 0.0175. The van der Waals surface area contributed by atoms with Crippen molar-refractivity contribution in [2.45, 2.75) is 5.41 Å². The molecular formula is C57H34N4O. The van der Waals surface area contributed by atoms with Crippen molar-refractivity contribution in [2.75, 3.05) is 0 Å². The van der Waals surface area contributed by atoms with E-state index < -0.39 is 5.41 Å². The van der Waals surface area contributed by atoms with Crippen LogP contribution in [0.25, 0.3) is 100 Å². The lowest BCUT2D eigenvalue weighted by atomic mass is 9.65. The van der Waals surface area contributed by atoms with Crippen molar-refractivity contribution in [3.63, 3.8) is 0 Å². The van der Waals surface area contributed by atoms with Crippen LogP contribution in [0.1, 0.15) is 22.3 Å². The molecule has 1 unspecified atom stereocenters. The molecule has 1 spiro atoms. The smallest absolute Gasteiger partial charge is 0.161 e. The molecule has 7 aromatic carbocycles. The van der Waals surface area contributed by atoms with Crippen LogP contribution in [0.4, 0.5) is 0 Å². The predicted octanol–water partition coefficient (Wildman–Crippen LogP) is 13.8. The SMILES string of the molecule is c1ccc(-c2cc(-c3ccc4c(c3)C3(c5ccccc5-c5ccccc5-4)c4ccccc4-c4cc5oc6ccccc6c5cc43)nc(-c3ccc(-c4cccnc4)nc3)n2)cc1. The molecule has 4 heterocycles. The van der Waals surface area contributed by atoms with Gasteiger partial charge >= 0.3 is 0 Å². The van der Waals surface area contributed by atoms with Gasteiger partial charge in [0.25, 0.3) is 0 Å². The van der Waals surface area contributed by atoms with Crippen molar-refractivity contribution in [3.05, 3.63) is 229 Å². The first kappa shape index (κ1) is 34.6. The summed E-state index contributed by atoms with van der Waals surface area (Å²) < 4.78 is 6.56. The topological polar surface area (TPSA) is 64.7 Å². The van der Waals surface area contributed by atoms with E-state index in [-0.39, 0.29) is 0 Å². The first-order valence-corrected chi connectivity index (χ1v) is 20.9. The van der Waals surface area contributed by atoms with E-state index in [1.54, 1.807) is 6.20 Å². The van der Waals surface area contributed by atoms with Gasteiger partial charge in [0.15, 0.2) is 5.82 Å². The minimum absolute atomic E-state index is 0.609. The predicted molar refractivity (Wildman–Crippen MR) is 248 cm³/mol. The van der Waals surface area contributed by atoms with Crippen molar-refractivity contribution in [1.82, 2.24) is 19.9 Å². The fourth-order valence-corrected chi connectivity index (χ4v) is 10.2. The largest absolute Gasteiger partial charge is 0.456 e. The van der Waals surface area contributed by atoms with Crippen LogP contribution < -0.4 is 0 Å². The fourth-order valence-electron chi connectivity index (χ4n) is 10.2. The Kier molecular flexibility index (Phi) is 7.45. The molecule has 0 N–H and O–H groups in total. The number of pyridine rings is 2. The van der Waals surface area contributed by atoms with Crippen molar-refractivity contribution >= 4 is 21.9 Å². The summed E-state index contributed by atoms with van der Waals surface area (Å²) in [6.07, 6.45) is 5.47. The second kappa shape index (κ2) is 13.4. The number of hydrogen-bond donors (Lipinski definition) is 0. The molecule has 13 rings (SSSR count). The first-order valence-electron chi connectivity index (χ1n) is 20.9. The average molecular weight is 791 g/mol. The van der Waals surface area contributed by atoms with Crippen molar-refractivity contribution < 1.29 is 4.42 Å². The number of hydrogen-bond acceptors (Lipinski definition) is 5. The monoisotopic (exact) mass is 790 g/mol. The molecule has 5 heteroatoms. The molecule has 0 saturated heterocycles. The second-order valence-electron chi connectivity index (χ2n) is 16.1. The van der Waals surface area contributed by atoms with Gasteiger partial charge in [-0.25, -0.2) is 9.97 Å². The maximum atomic E-state index is 6.56. The molecule has 62 heavy (non-hydrogen) atoms. The molecule has 0 amide bonds. The molecule has 0 fully saturated rings. The highest BCUT2D eigenvalue weighted by Gasteiger charge is 2.50. The Morgan fingerprint density at radius 2 is 0.984 bits per heavy atom. The molecule has 4 aromatic heterocycles. The Labute approximate surface area is 357 Å². The van der Waals surface area contributed by atoms with Gasteiger partial charge in [0.05, 0.1) is 22.5 Å². The van der Waals surface area contributed by atoms with E-state index in [0.29, 0.717) is 5.82 Å². The average Bonchev–Trinajstić information content (AvgIpc) is 3.83. The van der Waals surface area contributed by atoms with Gasteiger partial charge in [0.1, 0.15) is 11.2 Å². The Morgan fingerprint density at radius 3 is 1.73 bits per heavy atom. The normalized spacial score (nSPS) is 14.5. The first-order chi connectivity index (χ1) is 30.7.